The first kappa shape index (κ1) is 9.73. The van der Waals surface area contributed by atoms with Crippen LogP contribution in [0, 0.1) is 5.41 Å². The van der Waals surface area contributed by atoms with Gasteiger partial charge in [0.15, 0.2) is 0 Å². The van der Waals surface area contributed by atoms with E-state index in [1.165, 1.54) is 6.33 Å². The molecule has 1 aliphatic carbocycles. The van der Waals surface area contributed by atoms with Crippen molar-refractivity contribution in [1.82, 2.24) is 14.8 Å². The van der Waals surface area contributed by atoms with Crippen molar-refractivity contribution in [2.24, 2.45) is 10.5 Å². The van der Waals surface area contributed by atoms with Crippen molar-refractivity contribution in [3.8, 4) is 0 Å². The van der Waals surface area contributed by atoms with Crippen LogP contribution in [-0.4, -0.2) is 20.8 Å². The zero-order chi connectivity index (χ0) is 10.9. The van der Waals surface area contributed by atoms with Gasteiger partial charge in [0.2, 0.25) is 0 Å². The second-order valence-corrected chi connectivity index (χ2v) is 4.31. The predicted octanol–water partition coefficient (Wildman–Crippen LogP) is 2.23. The van der Waals surface area contributed by atoms with Gasteiger partial charge in [-0.3, -0.25) is 0 Å². The molecule has 0 radical (unpaired) electrons. The molecule has 78 valence electrons. The molecule has 0 saturated heterocycles. The van der Waals surface area contributed by atoms with Crippen molar-refractivity contribution in [3.05, 3.63) is 29.2 Å². The van der Waals surface area contributed by atoms with Gasteiger partial charge in [-0.25, -0.2) is 9.67 Å². The highest BCUT2D eigenvalue weighted by atomic mass is 15.3. The van der Waals surface area contributed by atoms with Crippen molar-refractivity contribution in [3.63, 3.8) is 0 Å². The Morgan fingerprint density at radius 3 is 3.07 bits per heavy atom. The molecule has 0 amide bonds. The molecule has 1 aliphatic rings. The second-order valence-electron chi connectivity index (χ2n) is 4.31. The van der Waals surface area contributed by atoms with Crippen LogP contribution in [0.3, 0.4) is 0 Å². The van der Waals surface area contributed by atoms with Gasteiger partial charge in [-0.05, 0) is 17.4 Å². The van der Waals surface area contributed by atoms with Gasteiger partial charge in [0.05, 0.1) is 6.04 Å². The van der Waals surface area contributed by atoms with Crippen LogP contribution in [-0.2, 0) is 0 Å². The van der Waals surface area contributed by atoms with Crippen LogP contribution < -0.4 is 0 Å². The average Bonchev–Trinajstić information content (AvgIpc) is 2.75. The third-order valence-electron chi connectivity index (χ3n) is 2.68. The van der Waals surface area contributed by atoms with Crippen molar-refractivity contribution < 1.29 is 0 Å². The summed E-state index contributed by atoms with van der Waals surface area (Å²) in [5, 5.41) is 7.84. The first-order valence-corrected chi connectivity index (χ1v) is 4.73. The molecule has 6 nitrogen and oxygen atoms in total. The summed E-state index contributed by atoms with van der Waals surface area (Å²) in [5.41, 5.74) is 9.46. The molecule has 0 spiro atoms. The van der Waals surface area contributed by atoms with Crippen LogP contribution in [0.5, 0.6) is 0 Å². The minimum Gasteiger partial charge on any atom is -0.225 e. The van der Waals surface area contributed by atoms with Crippen molar-refractivity contribution in [1.29, 1.82) is 0 Å². The lowest BCUT2D eigenvalue weighted by Crippen LogP contribution is -2.20. The highest BCUT2D eigenvalue weighted by Crippen LogP contribution is 2.40. The molecule has 1 unspecified atom stereocenters. The fourth-order valence-electron chi connectivity index (χ4n) is 1.80. The molecular weight excluding hydrogens is 192 g/mol. The Hall–Kier alpha value is -1.81. The van der Waals surface area contributed by atoms with Crippen LogP contribution in [0.25, 0.3) is 16.1 Å². The van der Waals surface area contributed by atoms with Gasteiger partial charge in [0, 0.05) is 10.6 Å². The molecule has 0 fully saturated rings. The first-order valence-electron chi connectivity index (χ1n) is 4.73. The molecule has 2 rings (SSSR count). The lowest BCUT2D eigenvalue weighted by atomic mass is 9.87. The SMILES string of the molecule is CC1(C)CC(n2cncn2)=CC1N=[N+]=[N-]. The van der Waals surface area contributed by atoms with Gasteiger partial charge >= 0.3 is 0 Å². The Morgan fingerprint density at radius 1 is 1.67 bits per heavy atom. The van der Waals surface area contributed by atoms with Crippen molar-refractivity contribution >= 4 is 5.70 Å². The molecule has 1 heterocycles. The molecular formula is C9H12N6. The topological polar surface area (TPSA) is 79.5 Å². The molecule has 0 N–H and O–H groups in total. The third kappa shape index (κ3) is 1.71. The van der Waals surface area contributed by atoms with Crippen LogP contribution >= 0.6 is 0 Å². The fourth-order valence-corrected chi connectivity index (χ4v) is 1.80. The van der Waals surface area contributed by atoms with E-state index < -0.39 is 0 Å². The lowest BCUT2D eigenvalue weighted by molar-refractivity contribution is 0.351. The average molecular weight is 204 g/mol. The van der Waals surface area contributed by atoms with Crippen LogP contribution in [0.4, 0.5) is 0 Å². The number of allylic oxidation sites excluding steroid dienone is 1. The Balaban J connectivity index is 2.31. The summed E-state index contributed by atoms with van der Waals surface area (Å²) in [4.78, 5) is 6.76. The van der Waals surface area contributed by atoms with E-state index in [1.807, 2.05) is 6.08 Å². The molecule has 0 aromatic carbocycles. The Morgan fingerprint density at radius 2 is 2.47 bits per heavy atom. The van der Waals surface area contributed by atoms with Gasteiger partial charge in [0.25, 0.3) is 0 Å². The summed E-state index contributed by atoms with van der Waals surface area (Å²) < 4.78 is 1.72. The zero-order valence-corrected chi connectivity index (χ0v) is 8.70. The lowest BCUT2D eigenvalue weighted by Gasteiger charge is -2.22. The number of hydrogen-bond acceptors (Lipinski definition) is 3. The van der Waals surface area contributed by atoms with Gasteiger partial charge < -0.3 is 0 Å². The van der Waals surface area contributed by atoms with E-state index in [0.29, 0.717) is 0 Å². The maximum atomic E-state index is 8.47. The molecule has 0 bridgehead atoms. The Labute approximate surface area is 87.3 Å². The van der Waals surface area contributed by atoms with Crippen LogP contribution in [0.15, 0.2) is 23.8 Å². The minimum atomic E-state index is -0.110. The summed E-state index contributed by atoms with van der Waals surface area (Å²) in [5.74, 6) is 0. The van der Waals surface area contributed by atoms with Gasteiger partial charge in [-0.2, -0.15) is 5.10 Å². The standard InChI is InChI=1S/C9H12N6/c1-9(2)4-7(3-8(9)13-14-10)15-6-11-5-12-15/h3,5-6,8H,4H2,1-2H3. The summed E-state index contributed by atoms with van der Waals surface area (Å²) in [6.45, 7) is 4.15. The van der Waals surface area contributed by atoms with Crippen molar-refractivity contribution in [2.75, 3.05) is 0 Å². The summed E-state index contributed by atoms with van der Waals surface area (Å²) in [6.07, 6.45) is 5.93. The van der Waals surface area contributed by atoms with Crippen LogP contribution in [0.2, 0.25) is 0 Å². The maximum Gasteiger partial charge on any atom is 0.138 e. The highest BCUT2D eigenvalue weighted by molar-refractivity contribution is 5.51. The summed E-state index contributed by atoms with van der Waals surface area (Å²) in [6, 6.07) is -0.110. The highest BCUT2D eigenvalue weighted by Gasteiger charge is 2.34. The molecule has 0 saturated carbocycles. The normalized spacial score (nSPS) is 23.3. The monoisotopic (exact) mass is 204 g/mol. The van der Waals surface area contributed by atoms with E-state index >= 15 is 0 Å². The predicted molar refractivity (Wildman–Crippen MR) is 55.6 cm³/mol. The van der Waals surface area contributed by atoms with E-state index in [4.69, 9.17) is 5.53 Å². The van der Waals surface area contributed by atoms with E-state index in [9.17, 15) is 0 Å². The molecule has 1 atom stereocenters. The smallest absolute Gasteiger partial charge is 0.138 e. The zero-order valence-electron chi connectivity index (χ0n) is 8.70. The summed E-state index contributed by atoms with van der Waals surface area (Å²) >= 11 is 0. The van der Waals surface area contributed by atoms with Crippen LogP contribution in [0.1, 0.15) is 20.3 Å². The first-order chi connectivity index (χ1) is 7.13. The number of nitrogens with zero attached hydrogens (tertiary/aromatic N) is 6. The van der Waals surface area contributed by atoms with E-state index in [0.717, 1.165) is 12.1 Å². The van der Waals surface area contributed by atoms with E-state index in [1.54, 1.807) is 11.0 Å². The largest absolute Gasteiger partial charge is 0.225 e. The Kier molecular flexibility index (Phi) is 2.21. The van der Waals surface area contributed by atoms with Crippen molar-refractivity contribution in [2.45, 2.75) is 26.3 Å². The molecule has 0 aliphatic heterocycles. The number of hydrogen-bond donors (Lipinski definition) is 0. The number of rotatable bonds is 2. The fraction of sp³-hybridized carbons (Fsp3) is 0.556. The van der Waals surface area contributed by atoms with Gasteiger partial charge in [0.1, 0.15) is 12.7 Å². The quantitative estimate of drug-likeness (QED) is 0.420. The molecule has 15 heavy (non-hydrogen) atoms. The third-order valence-corrected chi connectivity index (χ3v) is 2.68. The molecule has 1 aromatic heterocycles. The molecule has 6 heteroatoms. The minimum absolute atomic E-state index is 0.0481. The molecule has 1 aromatic rings. The van der Waals surface area contributed by atoms with Gasteiger partial charge in [-0.15, -0.1) is 0 Å². The Bertz CT molecular complexity index is 423. The van der Waals surface area contributed by atoms with Gasteiger partial charge in [-0.1, -0.05) is 25.0 Å². The number of azide groups is 1. The summed E-state index contributed by atoms with van der Waals surface area (Å²) in [7, 11) is 0. The number of aromatic nitrogens is 3. The van der Waals surface area contributed by atoms with E-state index in [-0.39, 0.29) is 11.5 Å². The maximum absolute atomic E-state index is 8.47. The van der Waals surface area contributed by atoms with E-state index in [2.05, 4.69) is 34.0 Å². The second kappa shape index (κ2) is 3.40.